The smallest absolute Gasteiger partial charge is 0.252 e. The van der Waals surface area contributed by atoms with Crippen LogP contribution in [0, 0.1) is 6.92 Å². The lowest BCUT2D eigenvalue weighted by Gasteiger charge is -2.52. The number of benzene rings is 8. The number of hydrogen-bond acceptors (Lipinski definition) is 3. The van der Waals surface area contributed by atoms with E-state index in [1.807, 2.05) is 0 Å². The van der Waals surface area contributed by atoms with Gasteiger partial charge in [-0.1, -0.05) is 129 Å². The Labute approximate surface area is 348 Å². The van der Waals surface area contributed by atoms with Crippen LogP contribution in [0.5, 0.6) is 0 Å². The van der Waals surface area contributed by atoms with E-state index in [0.29, 0.717) is 0 Å². The van der Waals surface area contributed by atoms with E-state index in [9.17, 15) is 0 Å². The lowest BCUT2D eigenvalue weighted by Crippen LogP contribution is -2.64. The van der Waals surface area contributed by atoms with Gasteiger partial charge in [0, 0.05) is 50.9 Å². The Morgan fingerprint density at radius 1 is 0.559 bits per heavy atom. The second kappa shape index (κ2) is 12.7. The minimum Gasteiger partial charge on any atom is -0.335 e. The highest BCUT2D eigenvalue weighted by Gasteiger charge is 2.61. The molecule has 4 heteroatoms. The van der Waals surface area contributed by atoms with Gasteiger partial charge >= 0.3 is 0 Å². The number of nitrogens with zero attached hydrogens (tertiary/aromatic N) is 3. The molecule has 3 aliphatic heterocycles. The maximum atomic E-state index is 2.83. The van der Waals surface area contributed by atoms with Crippen LogP contribution in [-0.4, -0.2) is 12.3 Å². The molecule has 0 N–H and O–H groups in total. The van der Waals surface area contributed by atoms with Crippen molar-refractivity contribution >= 4 is 79.4 Å². The van der Waals surface area contributed by atoms with Crippen molar-refractivity contribution in [2.75, 3.05) is 14.7 Å². The summed E-state index contributed by atoms with van der Waals surface area (Å²) in [5.41, 5.74) is 19.5. The first-order valence-corrected chi connectivity index (χ1v) is 21.4. The number of aryl methyl sites for hydroxylation is 1. The predicted molar refractivity (Wildman–Crippen MR) is 251 cm³/mol. The molecule has 4 aliphatic rings. The highest BCUT2D eigenvalue weighted by molar-refractivity contribution is 7.00. The van der Waals surface area contributed by atoms with Gasteiger partial charge in [0.05, 0.1) is 5.54 Å². The molecule has 1 saturated carbocycles. The maximum Gasteiger partial charge on any atom is 0.252 e. The first kappa shape index (κ1) is 34.5. The fourth-order valence-corrected chi connectivity index (χ4v) is 11.7. The number of rotatable bonds is 5. The van der Waals surface area contributed by atoms with Crippen molar-refractivity contribution < 1.29 is 0 Å². The minimum absolute atomic E-state index is 0.00484. The standard InChI is InChI=1S/C55H46BN3/c1-37-33-50-52-51(34-37)59-53-46(54(2)31-12-13-32-55(54,59)3)27-16-28-47(53)56(52)48-36-43(29-30-49(48)58(50)41-22-8-5-9-23-41)57(40-20-6-4-7-21-40)42-24-14-19-39(35-42)45-26-15-18-38-17-10-11-25-44(38)45/h4-11,14-30,33-36H,12-13,31-32H2,1-3H3. The van der Waals surface area contributed by atoms with Crippen LogP contribution in [0.25, 0.3) is 21.9 Å². The zero-order valence-electron chi connectivity index (χ0n) is 34.0. The van der Waals surface area contributed by atoms with Crippen LogP contribution in [0.15, 0.2) is 176 Å². The topological polar surface area (TPSA) is 9.72 Å². The molecule has 12 rings (SSSR count). The Bertz CT molecular complexity index is 2970. The number of anilines is 8. The predicted octanol–water partition coefficient (Wildman–Crippen LogP) is 12.6. The van der Waals surface area contributed by atoms with E-state index in [1.54, 1.807) is 0 Å². The molecule has 284 valence electrons. The highest BCUT2D eigenvalue weighted by Crippen LogP contribution is 2.61. The minimum atomic E-state index is -0.00484. The first-order chi connectivity index (χ1) is 28.9. The van der Waals surface area contributed by atoms with E-state index in [1.165, 1.54) is 104 Å². The summed E-state index contributed by atoms with van der Waals surface area (Å²) < 4.78 is 0. The third-order valence-corrected chi connectivity index (χ3v) is 14.6. The van der Waals surface area contributed by atoms with Gasteiger partial charge in [0.25, 0.3) is 6.71 Å². The van der Waals surface area contributed by atoms with E-state index in [0.717, 1.165) is 17.1 Å². The van der Waals surface area contributed by atoms with E-state index in [-0.39, 0.29) is 17.7 Å². The van der Waals surface area contributed by atoms with Crippen LogP contribution >= 0.6 is 0 Å². The summed E-state index contributed by atoms with van der Waals surface area (Å²) in [6.07, 6.45) is 4.96. The molecule has 8 aromatic carbocycles. The number of para-hydroxylation sites is 3. The Kier molecular flexibility index (Phi) is 7.45. The average Bonchev–Trinajstić information content (AvgIpc) is 3.49. The molecule has 3 nitrogen and oxygen atoms in total. The molecule has 0 radical (unpaired) electrons. The van der Waals surface area contributed by atoms with Crippen molar-refractivity contribution in [1.82, 2.24) is 0 Å². The second-order valence-corrected chi connectivity index (χ2v) is 17.7. The first-order valence-electron chi connectivity index (χ1n) is 21.4. The summed E-state index contributed by atoms with van der Waals surface area (Å²) in [6.45, 7) is 7.50. The third-order valence-electron chi connectivity index (χ3n) is 14.6. The van der Waals surface area contributed by atoms with Gasteiger partial charge in [-0.15, -0.1) is 0 Å². The molecule has 1 fully saturated rings. The SMILES string of the molecule is Cc1cc2c3c(c1)N1c4c(cccc4C4(C)CCCCC14C)B3c1cc(N(c3ccccc3)c3cccc(-c4cccc5ccccc45)c3)ccc1N2c1ccccc1. The maximum absolute atomic E-state index is 2.83. The molecule has 2 unspecified atom stereocenters. The third kappa shape index (κ3) is 4.83. The molecular weight excluding hydrogens is 713 g/mol. The summed E-state index contributed by atoms with van der Waals surface area (Å²) in [5, 5.41) is 2.52. The van der Waals surface area contributed by atoms with Crippen molar-refractivity contribution in [1.29, 1.82) is 0 Å². The molecule has 0 saturated heterocycles. The van der Waals surface area contributed by atoms with Gasteiger partial charge in [0.15, 0.2) is 0 Å². The van der Waals surface area contributed by atoms with Crippen molar-refractivity contribution in [3.8, 4) is 11.1 Å². The summed E-state index contributed by atoms with van der Waals surface area (Å²) in [4.78, 5) is 7.82. The quantitative estimate of drug-likeness (QED) is 0.162. The van der Waals surface area contributed by atoms with Gasteiger partial charge in [-0.2, -0.15) is 0 Å². The van der Waals surface area contributed by atoms with Crippen LogP contribution in [-0.2, 0) is 5.41 Å². The van der Waals surface area contributed by atoms with Crippen LogP contribution in [0.1, 0.15) is 50.7 Å². The average molecular weight is 760 g/mol. The molecular formula is C55H46BN3. The van der Waals surface area contributed by atoms with Gasteiger partial charge in [-0.3, -0.25) is 0 Å². The summed E-state index contributed by atoms with van der Waals surface area (Å²) >= 11 is 0. The zero-order valence-corrected chi connectivity index (χ0v) is 34.0. The number of hydrogen-bond donors (Lipinski definition) is 0. The van der Waals surface area contributed by atoms with Crippen LogP contribution in [0.4, 0.5) is 45.5 Å². The molecule has 0 bridgehead atoms. The lowest BCUT2D eigenvalue weighted by molar-refractivity contribution is 0.195. The molecule has 0 aromatic heterocycles. The highest BCUT2D eigenvalue weighted by atomic mass is 15.3. The van der Waals surface area contributed by atoms with E-state index in [4.69, 9.17) is 0 Å². The van der Waals surface area contributed by atoms with E-state index < -0.39 is 0 Å². The van der Waals surface area contributed by atoms with E-state index >= 15 is 0 Å². The molecule has 1 aliphatic carbocycles. The molecule has 3 heterocycles. The van der Waals surface area contributed by atoms with Crippen LogP contribution in [0.3, 0.4) is 0 Å². The molecule has 0 amide bonds. The number of fused-ring (bicyclic) bond motifs is 8. The van der Waals surface area contributed by atoms with Crippen molar-refractivity contribution in [2.45, 2.75) is 57.4 Å². The van der Waals surface area contributed by atoms with Gasteiger partial charge in [-0.25, -0.2) is 0 Å². The molecule has 0 spiro atoms. The fourth-order valence-electron chi connectivity index (χ4n) is 11.7. The summed E-state index contributed by atoms with van der Waals surface area (Å²) in [5.74, 6) is 0. The lowest BCUT2D eigenvalue weighted by atomic mass is 9.33. The normalized spacial score (nSPS) is 19.5. The van der Waals surface area contributed by atoms with Crippen LogP contribution in [0.2, 0.25) is 0 Å². The molecule has 2 atom stereocenters. The fraction of sp³-hybridized carbons (Fsp3) is 0.164. The zero-order chi connectivity index (χ0) is 39.5. The van der Waals surface area contributed by atoms with Gasteiger partial charge in [0.2, 0.25) is 0 Å². The second-order valence-electron chi connectivity index (χ2n) is 17.7. The van der Waals surface area contributed by atoms with Crippen LogP contribution < -0.4 is 31.1 Å². The van der Waals surface area contributed by atoms with Crippen molar-refractivity contribution in [2.24, 2.45) is 0 Å². The monoisotopic (exact) mass is 759 g/mol. The largest absolute Gasteiger partial charge is 0.335 e. The Balaban J connectivity index is 1.11. The van der Waals surface area contributed by atoms with Gasteiger partial charge in [-0.05, 0) is 143 Å². The summed E-state index contributed by atoms with van der Waals surface area (Å²) in [7, 11) is 0. The Morgan fingerprint density at radius 2 is 1.25 bits per heavy atom. The van der Waals surface area contributed by atoms with Gasteiger partial charge < -0.3 is 14.7 Å². The van der Waals surface area contributed by atoms with E-state index in [2.05, 4.69) is 211 Å². The Hall–Kier alpha value is -6.52. The molecule has 59 heavy (non-hydrogen) atoms. The van der Waals surface area contributed by atoms with Crippen molar-refractivity contribution in [3.05, 3.63) is 187 Å². The van der Waals surface area contributed by atoms with Gasteiger partial charge in [0.1, 0.15) is 0 Å². The Morgan fingerprint density at radius 3 is 2.12 bits per heavy atom. The summed E-state index contributed by atoms with van der Waals surface area (Å²) in [6, 6.07) is 65.8. The molecule has 8 aromatic rings. The van der Waals surface area contributed by atoms with Crippen molar-refractivity contribution in [3.63, 3.8) is 0 Å².